The Hall–Kier alpha value is -1.72. The summed E-state index contributed by atoms with van der Waals surface area (Å²) in [5.41, 5.74) is 0. The number of nitrogens with zero attached hydrogens (tertiary/aromatic N) is 3. The maximum absolute atomic E-state index is 12.7. The Kier molecular flexibility index (Phi) is 6.25. The first kappa shape index (κ1) is 21.0. The van der Waals surface area contributed by atoms with Crippen LogP contribution in [0.1, 0.15) is 12.8 Å². The summed E-state index contributed by atoms with van der Waals surface area (Å²) in [7, 11) is -1.81. The van der Waals surface area contributed by atoms with Gasteiger partial charge in [0.1, 0.15) is 5.75 Å². The largest absolute Gasteiger partial charge is 0.573 e. The van der Waals surface area contributed by atoms with Crippen molar-refractivity contribution in [1.29, 1.82) is 0 Å². The zero-order valence-corrected chi connectivity index (χ0v) is 16.7. The first-order valence-electron chi connectivity index (χ1n) is 8.61. The minimum absolute atomic E-state index is 0.0390. The molecule has 0 radical (unpaired) electrons. The number of ether oxygens (including phenoxy) is 1. The molecule has 11 heteroatoms. The summed E-state index contributed by atoms with van der Waals surface area (Å²) < 4.78 is 69.2. The van der Waals surface area contributed by atoms with Crippen LogP contribution in [0.25, 0.3) is 0 Å². The van der Waals surface area contributed by atoms with Crippen molar-refractivity contribution >= 4 is 21.8 Å². The normalized spacial score (nSPS) is 17.0. The molecule has 28 heavy (non-hydrogen) atoms. The number of benzene rings is 1. The zero-order chi connectivity index (χ0) is 20.4. The minimum Gasteiger partial charge on any atom is -0.406 e. The van der Waals surface area contributed by atoms with Crippen molar-refractivity contribution in [1.82, 2.24) is 13.9 Å². The third-order valence-electron chi connectivity index (χ3n) is 4.49. The molecule has 1 aliphatic rings. The van der Waals surface area contributed by atoms with Crippen LogP contribution in [-0.2, 0) is 17.1 Å². The van der Waals surface area contributed by atoms with E-state index in [-0.39, 0.29) is 4.90 Å². The van der Waals surface area contributed by atoms with Gasteiger partial charge in [-0.25, -0.2) is 13.4 Å². The third kappa shape index (κ3) is 5.21. The van der Waals surface area contributed by atoms with Gasteiger partial charge in [0.05, 0.1) is 4.90 Å². The number of piperidine rings is 1. The lowest BCUT2D eigenvalue weighted by molar-refractivity contribution is -0.274. The molecule has 3 rings (SSSR count). The molecule has 1 aromatic heterocycles. The number of aromatic nitrogens is 2. The third-order valence-corrected chi connectivity index (χ3v) is 7.70. The zero-order valence-electron chi connectivity index (χ0n) is 15.1. The molecule has 1 aromatic carbocycles. The molecular weight excluding hydrogens is 415 g/mol. The minimum atomic E-state index is -4.81. The average molecular weight is 435 g/mol. The highest BCUT2D eigenvalue weighted by Gasteiger charge is 2.32. The van der Waals surface area contributed by atoms with Crippen LogP contribution in [0.3, 0.4) is 0 Å². The molecule has 0 bridgehead atoms. The van der Waals surface area contributed by atoms with Gasteiger partial charge in [0.15, 0.2) is 5.16 Å². The van der Waals surface area contributed by atoms with Gasteiger partial charge in [0.25, 0.3) is 0 Å². The Balaban J connectivity index is 1.56. The number of rotatable bonds is 6. The van der Waals surface area contributed by atoms with Crippen LogP contribution in [0.4, 0.5) is 13.2 Å². The quantitative estimate of drug-likeness (QED) is 0.650. The fraction of sp³-hybridized carbons (Fsp3) is 0.471. The van der Waals surface area contributed by atoms with E-state index in [1.165, 1.54) is 4.31 Å². The van der Waals surface area contributed by atoms with E-state index in [1.54, 1.807) is 18.0 Å². The molecule has 2 aromatic rings. The maximum Gasteiger partial charge on any atom is 0.573 e. The fourth-order valence-electron chi connectivity index (χ4n) is 2.96. The Bertz CT molecular complexity index is 890. The van der Waals surface area contributed by atoms with E-state index in [2.05, 4.69) is 9.72 Å². The molecule has 1 fully saturated rings. The van der Waals surface area contributed by atoms with E-state index in [4.69, 9.17) is 0 Å². The summed E-state index contributed by atoms with van der Waals surface area (Å²) in [5.74, 6) is 0.801. The highest BCUT2D eigenvalue weighted by Crippen LogP contribution is 2.29. The number of thioether (sulfide) groups is 1. The van der Waals surface area contributed by atoms with Crippen molar-refractivity contribution in [3.8, 4) is 5.75 Å². The smallest absolute Gasteiger partial charge is 0.406 e. The topological polar surface area (TPSA) is 64.4 Å². The number of imidazole rings is 1. The van der Waals surface area contributed by atoms with E-state index in [9.17, 15) is 21.6 Å². The summed E-state index contributed by atoms with van der Waals surface area (Å²) in [4.78, 5) is 4.22. The number of sulfonamides is 1. The first-order chi connectivity index (χ1) is 13.1. The highest BCUT2D eigenvalue weighted by atomic mass is 32.2. The Morgan fingerprint density at radius 2 is 1.86 bits per heavy atom. The summed E-state index contributed by atoms with van der Waals surface area (Å²) in [6.45, 7) is 0.768. The summed E-state index contributed by atoms with van der Waals surface area (Å²) in [6.07, 6.45) is 0.262. The van der Waals surface area contributed by atoms with Crippen molar-refractivity contribution in [2.45, 2.75) is 29.3 Å². The standard InChI is InChI=1S/C17H20F3N3O3S2/c1-22-11-8-21-16(22)27-12-13-6-9-23(10-7-13)28(24,25)15-4-2-14(3-5-15)26-17(18,19)20/h2-5,8,11,13H,6-7,9-10,12H2,1H3. The number of alkyl halides is 3. The summed E-state index contributed by atoms with van der Waals surface area (Å²) >= 11 is 1.65. The van der Waals surface area contributed by atoms with Gasteiger partial charge in [-0.2, -0.15) is 4.31 Å². The number of hydrogen-bond acceptors (Lipinski definition) is 5. The first-order valence-corrected chi connectivity index (χ1v) is 11.0. The van der Waals surface area contributed by atoms with Gasteiger partial charge in [-0.05, 0) is 43.0 Å². The van der Waals surface area contributed by atoms with Gasteiger partial charge < -0.3 is 9.30 Å². The molecule has 0 atom stereocenters. The van der Waals surface area contributed by atoms with Crippen molar-refractivity contribution in [3.63, 3.8) is 0 Å². The molecule has 2 heterocycles. The van der Waals surface area contributed by atoms with E-state index >= 15 is 0 Å². The maximum atomic E-state index is 12.7. The Labute approximate surface area is 165 Å². The molecule has 0 unspecified atom stereocenters. The lowest BCUT2D eigenvalue weighted by atomic mass is 10.0. The summed E-state index contributed by atoms with van der Waals surface area (Å²) in [5, 5.41) is 0.927. The van der Waals surface area contributed by atoms with Crippen LogP contribution in [0.2, 0.25) is 0 Å². The molecule has 1 aliphatic heterocycles. The van der Waals surface area contributed by atoms with Crippen LogP contribution in [0, 0.1) is 5.92 Å². The predicted octanol–water partition coefficient (Wildman–Crippen LogP) is 3.51. The van der Waals surface area contributed by atoms with Crippen molar-refractivity contribution in [2.24, 2.45) is 13.0 Å². The average Bonchev–Trinajstić information content (AvgIpc) is 3.04. The second-order valence-electron chi connectivity index (χ2n) is 6.50. The van der Waals surface area contributed by atoms with Crippen LogP contribution in [0.15, 0.2) is 46.7 Å². The second kappa shape index (κ2) is 8.34. The lowest BCUT2D eigenvalue weighted by Crippen LogP contribution is -2.38. The van der Waals surface area contributed by atoms with Crippen molar-refractivity contribution in [3.05, 3.63) is 36.7 Å². The predicted molar refractivity (Wildman–Crippen MR) is 98.5 cm³/mol. The fourth-order valence-corrected chi connectivity index (χ4v) is 5.55. The van der Waals surface area contributed by atoms with E-state index in [0.717, 1.165) is 48.0 Å². The lowest BCUT2D eigenvalue weighted by Gasteiger charge is -2.31. The van der Waals surface area contributed by atoms with Gasteiger partial charge in [0, 0.05) is 38.3 Å². The van der Waals surface area contributed by atoms with Gasteiger partial charge >= 0.3 is 6.36 Å². The number of halogens is 3. The Morgan fingerprint density at radius 3 is 2.39 bits per heavy atom. The van der Waals surface area contributed by atoms with Crippen LogP contribution < -0.4 is 4.74 Å². The molecule has 0 saturated carbocycles. The van der Waals surface area contributed by atoms with Gasteiger partial charge in [-0.15, -0.1) is 13.2 Å². The number of hydrogen-bond donors (Lipinski definition) is 0. The molecule has 0 aliphatic carbocycles. The molecule has 0 spiro atoms. The van der Waals surface area contributed by atoms with Crippen molar-refractivity contribution < 1.29 is 26.3 Å². The molecule has 154 valence electrons. The molecule has 6 nitrogen and oxygen atoms in total. The van der Waals surface area contributed by atoms with Gasteiger partial charge in [0.2, 0.25) is 10.0 Å². The number of aryl methyl sites for hydroxylation is 1. The van der Waals surface area contributed by atoms with Gasteiger partial charge in [-0.1, -0.05) is 11.8 Å². The monoisotopic (exact) mass is 435 g/mol. The van der Waals surface area contributed by atoms with Crippen LogP contribution in [0.5, 0.6) is 5.75 Å². The Morgan fingerprint density at radius 1 is 1.21 bits per heavy atom. The van der Waals surface area contributed by atoms with E-state index in [0.29, 0.717) is 19.0 Å². The second-order valence-corrected chi connectivity index (χ2v) is 9.42. The summed E-state index contributed by atoms with van der Waals surface area (Å²) in [6, 6.07) is 4.30. The van der Waals surface area contributed by atoms with Crippen molar-refractivity contribution in [2.75, 3.05) is 18.8 Å². The molecule has 0 N–H and O–H groups in total. The van der Waals surface area contributed by atoms with E-state index in [1.807, 2.05) is 17.8 Å². The molecular formula is C17H20F3N3O3S2. The SMILES string of the molecule is Cn1ccnc1SCC1CCN(S(=O)(=O)c2ccc(OC(F)(F)F)cc2)CC1. The molecule has 0 amide bonds. The van der Waals surface area contributed by atoms with Crippen LogP contribution in [-0.4, -0.2) is 47.5 Å². The van der Waals surface area contributed by atoms with E-state index < -0.39 is 22.1 Å². The molecule has 1 saturated heterocycles. The van der Waals surface area contributed by atoms with Gasteiger partial charge in [-0.3, -0.25) is 0 Å². The van der Waals surface area contributed by atoms with Crippen LogP contribution >= 0.6 is 11.8 Å². The highest BCUT2D eigenvalue weighted by molar-refractivity contribution is 7.99.